The highest BCUT2D eigenvalue weighted by Crippen LogP contribution is 2.22. The number of amides is 1. The van der Waals surface area contributed by atoms with Crippen molar-refractivity contribution in [3.05, 3.63) is 65.7 Å². The van der Waals surface area contributed by atoms with Crippen LogP contribution in [0.25, 0.3) is 0 Å². The summed E-state index contributed by atoms with van der Waals surface area (Å²) in [5.74, 6) is 0.00185. The highest BCUT2D eigenvalue weighted by molar-refractivity contribution is 7.84. The zero-order valence-corrected chi connectivity index (χ0v) is 15.1. The van der Waals surface area contributed by atoms with Crippen LogP contribution < -0.4 is 5.73 Å². The van der Waals surface area contributed by atoms with E-state index in [1.54, 1.807) is 18.2 Å². The molecule has 1 amide bonds. The molecule has 2 rings (SSSR count). The van der Waals surface area contributed by atoms with Crippen LogP contribution >= 0.6 is 0 Å². The third-order valence-corrected chi connectivity index (χ3v) is 5.23. The molecule has 0 spiro atoms. The van der Waals surface area contributed by atoms with Gasteiger partial charge in [-0.05, 0) is 30.2 Å². The molecule has 5 heteroatoms. The van der Waals surface area contributed by atoms with Gasteiger partial charge in [-0.25, -0.2) is 0 Å². The van der Waals surface area contributed by atoms with E-state index in [1.165, 1.54) is 0 Å². The minimum atomic E-state index is -0.996. The van der Waals surface area contributed by atoms with Gasteiger partial charge in [-0.2, -0.15) is 0 Å². The number of hydrogen-bond acceptors (Lipinski definition) is 3. The fourth-order valence-corrected chi connectivity index (χ4v) is 3.05. The van der Waals surface area contributed by atoms with E-state index in [9.17, 15) is 9.00 Å². The Labute approximate surface area is 146 Å². The van der Waals surface area contributed by atoms with E-state index < -0.39 is 10.8 Å². The van der Waals surface area contributed by atoms with Crippen molar-refractivity contribution in [2.75, 3.05) is 13.3 Å². The van der Waals surface area contributed by atoms with Gasteiger partial charge in [0, 0.05) is 41.5 Å². The maximum Gasteiger partial charge on any atom is 0.224 e. The van der Waals surface area contributed by atoms with Gasteiger partial charge in [-0.3, -0.25) is 9.00 Å². The number of nitrogens with two attached hydrogens (primary N) is 1. The topological polar surface area (TPSA) is 63.4 Å². The number of rotatable bonds is 6. The second-order valence-corrected chi connectivity index (χ2v) is 7.30. The van der Waals surface area contributed by atoms with Crippen molar-refractivity contribution in [1.29, 1.82) is 0 Å². The normalized spacial score (nSPS) is 14.7. The van der Waals surface area contributed by atoms with E-state index in [0.29, 0.717) is 0 Å². The number of nitrogens with zero attached hydrogens (tertiary/aromatic N) is 1. The van der Waals surface area contributed by atoms with Crippen LogP contribution in [0.4, 0.5) is 0 Å². The molecule has 2 aromatic rings. The lowest BCUT2D eigenvalue weighted by Gasteiger charge is -2.27. The minimum absolute atomic E-state index is 0.00185. The summed E-state index contributed by atoms with van der Waals surface area (Å²) in [6.45, 7) is 1.98. The van der Waals surface area contributed by atoms with Crippen LogP contribution in [0, 0.1) is 0 Å². The molecule has 2 N–H and O–H groups in total. The third kappa shape index (κ3) is 4.52. The molecule has 0 heterocycles. The molecule has 0 fully saturated rings. The summed E-state index contributed by atoms with van der Waals surface area (Å²) in [6, 6.07) is 16.8. The highest BCUT2D eigenvalue weighted by Gasteiger charge is 2.20. The van der Waals surface area contributed by atoms with E-state index >= 15 is 0 Å². The van der Waals surface area contributed by atoms with Gasteiger partial charge in [0.25, 0.3) is 0 Å². The molecule has 0 saturated carbocycles. The van der Waals surface area contributed by atoms with Crippen LogP contribution in [0.3, 0.4) is 0 Å². The van der Waals surface area contributed by atoms with Gasteiger partial charge < -0.3 is 10.6 Å². The van der Waals surface area contributed by atoms with Gasteiger partial charge >= 0.3 is 0 Å². The zero-order valence-electron chi connectivity index (χ0n) is 14.3. The molecule has 2 aromatic carbocycles. The van der Waals surface area contributed by atoms with Crippen molar-refractivity contribution in [3.63, 3.8) is 0 Å². The summed E-state index contributed by atoms with van der Waals surface area (Å²) in [4.78, 5) is 15.0. The molecule has 128 valence electrons. The van der Waals surface area contributed by atoms with Gasteiger partial charge in [0.1, 0.15) is 0 Å². The van der Waals surface area contributed by atoms with E-state index in [-0.39, 0.29) is 24.4 Å². The lowest BCUT2D eigenvalue weighted by Crippen LogP contribution is -2.32. The lowest BCUT2D eigenvalue weighted by atomic mass is 10.0. The van der Waals surface area contributed by atoms with Crippen LogP contribution in [-0.2, 0) is 15.6 Å². The molecule has 0 aliphatic rings. The van der Waals surface area contributed by atoms with Crippen LogP contribution in [0.15, 0.2) is 59.5 Å². The van der Waals surface area contributed by atoms with Crippen LogP contribution in [0.2, 0.25) is 0 Å². The molecular formula is C19H24N2O2S. The monoisotopic (exact) mass is 344 g/mol. The summed E-state index contributed by atoms with van der Waals surface area (Å²) in [5.41, 5.74) is 8.11. The Morgan fingerprint density at radius 2 is 1.67 bits per heavy atom. The average molecular weight is 344 g/mol. The smallest absolute Gasteiger partial charge is 0.224 e. The molecule has 0 bridgehead atoms. The van der Waals surface area contributed by atoms with Crippen molar-refractivity contribution in [3.8, 4) is 0 Å². The first-order chi connectivity index (χ1) is 11.4. The zero-order chi connectivity index (χ0) is 17.7. The van der Waals surface area contributed by atoms with E-state index in [2.05, 4.69) is 0 Å². The number of carbonyl (C=O) groups excluding carboxylic acids is 1. The van der Waals surface area contributed by atoms with Gasteiger partial charge in [0.05, 0.1) is 6.04 Å². The Hall–Kier alpha value is -1.98. The molecule has 0 aliphatic carbocycles. The SMILES string of the molecule is CC(c1ccc(S(C)=O)cc1)N(C)C(=O)CC(N)c1ccccc1. The largest absolute Gasteiger partial charge is 0.339 e. The Bertz CT molecular complexity index is 701. The maximum absolute atomic E-state index is 12.5. The fourth-order valence-electron chi connectivity index (χ4n) is 2.53. The van der Waals surface area contributed by atoms with Crippen molar-refractivity contribution >= 4 is 16.7 Å². The molecular weight excluding hydrogens is 320 g/mol. The molecule has 0 aromatic heterocycles. The Morgan fingerprint density at radius 1 is 1.08 bits per heavy atom. The van der Waals surface area contributed by atoms with Crippen LogP contribution in [0.1, 0.15) is 36.6 Å². The van der Waals surface area contributed by atoms with Crippen LogP contribution in [0.5, 0.6) is 0 Å². The predicted octanol–water partition coefficient (Wildman–Crippen LogP) is 3.03. The molecule has 3 unspecified atom stereocenters. The summed E-state index contributed by atoms with van der Waals surface area (Å²) >= 11 is 0. The Kier molecular flexibility index (Phi) is 6.29. The third-order valence-electron chi connectivity index (χ3n) is 4.29. The lowest BCUT2D eigenvalue weighted by molar-refractivity contribution is -0.132. The summed E-state index contributed by atoms with van der Waals surface area (Å²) in [5, 5.41) is 0. The van der Waals surface area contributed by atoms with Crippen molar-refractivity contribution in [1.82, 2.24) is 4.90 Å². The second kappa shape index (κ2) is 8.22. The first-order valence-corrected chi connectivity index (χ1v) is 9.45. The van der Waals surface area contributed by atoms with Crippen molar-refractivity contribution in [2.45, 2.75) is 30.3 Å². The predicted molar refractivity (Wildman–Crippen MR) is 97.9 cm³/mol. The molecule has 0 aliphatic heterocycles. The number of carbonyl (C=O) groups is 1. The highest BCUT2D eigenvalue weighted by atomic mass is 32.2. The average Bonchev–Trinajstić information content (AvgIpc) is 2.61. The van der Waals surface area contributed by atoms with E-state index in [1.807, 2.05) is 61.5 Å². The van der Waals surface area contributed by atoms with Crippen molar-refractivity contribution < 1.29 is 9.00 Å². The number of benzene rings is 2. The second-order valence-electron chi connectivity index (χ2n) is 5.93. The standard InChI is InChI=1S/C19H24N2O2S/c1-14(15-9-11-17(12-10-15)24(3)23)21(2)19(22)13-18(20)16-7-5-4-6-8-16/h4-12,14,18H,13,20H2,1-3H3. The summed E-state index contributed by atoms with van der Waals surface area (Å²) in [6.07, 6.45) is 1.92. The summed E-state index contributed by atoms with van der Waals surface area (Å²) in [7, 11) is 0.792. The summed E-state index contributed by atoms with van der Waals surface area (Å²) < 4.78 is 11.5. The maximum atomic E-state index is 12.5. The van der Waals surface area contributed by atoms with Gasteiger partial charge in [0.2, 0.25) is 5.91 Å². The van der Waals surface area contributed by atoms with E-state index in [0.717, 1.165) is 16.0 Å². The quantitative estimate of drug-likeness (QED) is 0.876. The molecule has 0 saturated heterocycles. The number of hydrogen-bond donors (Lipinski definition) is 1. The first-order valence-electron chi connectivity index (χ1n) is 7.89. The fraction of sp³-hybridized carbons (Fsp3) is 0.316. The van der Waals surface area contributed by atoms with Gasteiger partial charge in [-0.1, -0.05) is 42.5 Å². The first kappa shape index (κ1) is 18.4. The van der Waals surface area contributed by atoms with Crippen molar-refractivity contribution in [2.24, 2.45) is 5.73 Å². The van der Waals surface area contributed by atoms with Gasteiger partial charge in [-0.15, -0.1) is 0 Å². The van der Waals surface area contributed by atoms with Crippen LogP contribution in [-0.4, -0.2) is 28.3 Å². The van der Waals surface area contributed by atoms with Gasteiger partial charge in [0.15, 0.2) is 0 Å². The minimum Gasteiger partial charge on any atom is -0.339 e. The molecule has 3 atom stereocenters. The van der Waals surface area contributed by atoms with E-state index in [4.69, 9.17) is 5.73 Å². The Balaban J connectivity index is 2.02. The molecule has 0 radical (unpaired) electrons. The molecule has 24 heavy (non-hydrogen) atoms. The Morgan fingerprint density at radius 3 is 2.21 bits per heavy atom. The molecule has 4 nitrogen and oxygen atoms in total.